The number of aromatic nitrogens is 5. The molecule has 0 saturated carbocycles. The maximum absolute atomic E-state index is 13.0. The van der Waals surface area contributed by atoms with Crippen LogP contribution in [0, 0.1) is 0 Å². The zero-order valence-electron chi connectivity index (χ0n) is 19.1. The van der Waals surface area contributed by atoms with Crippen molar-refractivity contribution in [1.82, 2.24) is 29.0 Å². The fourth-order valence-corrected chi connectivity index (χ4v) is 5.00. The molecule has 1 atom stereocenters. The van der Waals surface area contributed by atoms with Gasteiger partial charge in [-0.3, -0.25) is 9.47 Å². The molecule has 1 fully saturated rings. The van der Waals surface area contributed by atoms with E-state index >= 15 is 0 Å². The molecule has 0 amide bonds. The number of fused-ring (bicyclic) bond motifs is 2. The molecule has 0 aliphatic carbocycles. The summed E-state index contributed by atoms with van der Waals surface area (Å²) in [7, 11) is 1.64. The van der Waals surface area contributed by atoms with Crippen LogP contribution in [-0.2, 0) is 6.42 Å². The summed E-state index contributed by atoms with van der Waals surface area (Å²) in [5.74, 6) is 0.671. The molecule has 1 aliphatic heterocycles. The van der Waals surface area contributed by atoms with Gasteiger partial charge in [0.25, 0.3) is 0 Å². The summed E-state index contributed by atoms with van der Waals surface area (Å²) in [6, 6.07) is 6.93. The summed E-state index contributed by atoms with van der Waals surface area (Å²) < 4.78 is 9.26. The summed E-state index contributed by atoms with van der Waals surface area (Å²) >= 11 is 0. The maximum atomic E-state index is 13.0. The van der Waals surface area contributed by atoms with Crippen molar-refractivity contribution in [3.8, 4) is 16.9 Å². The number of rotatable bonds is 5. The Bertz CT molecular complexity index is 1330. The van der Waals surface area contributed by atoms with E-state index < -0.39 is 0 Å². The molecule has 1 aromatic carbocycles. The first-order chi connectivity index (χ1) is 15.5. The number of aromatic amines is 1. The van der Waals surface area contributed by atoms with Crippen molar-refractivity contribution < 1.29 is 4.74 Å². The molecule has 4 aromatic rings. The predicted octanol–water partition coefficient (Wildman–Crippen LogP) is 3.66. The van der Waals surface area contributed by atoms with Crippen molar-refractivity contribution in [1.29, 1.82) is 0 Å². The van der Waals surface area contributed by atoms with Crippen LogP contribution >= 0.6 is 0 Å². The average Bonchev–Trinajstić information content (AvgIpc) is 3.40. The number of hydrogen-bond acceptors (Lipinski definition) is 5. The third-order valence-electron chi connectivity index (χ3n) is 6.72. The molecule has 8 nitrogen and oxygen atoms in total. The fraction of sp³-hybridized carbons (Fsp3) is 0.458. The van der Waals surface area contributed by atoms with Gasteiger partial charge in [-0.05, 0) is 69.0 Å². The number of hydrogen-bond donors (Lipinski definition) is 1. The number of piperidine rings is 1. The van der Waals surface area contributed by atoms with Gasteiger partial charge >= 0.3 is 5.69 Å². The van der Waals surface area contributed by atoms with Gasteiger partial charge in [-0.25, -0.2) is 14.3 Å². The first kappa shape index (κ1) is 20.8. The van der Waals surface area contributed by atoms with Crippen molar-refractivity contribution >= 4 is 16.7 Å². The van der Waals surface area contributed by atoms with Crippen molar-refractivity contribution in [3.05, 3.63) is 46.8 Å². The van der Waals surface area contributed by atoms with E-state index in [-0.39, 0.29) is 11.7 Å². The zero-order valence-corrected chi connectivity index (χ0v) is 19.1. The Labute approximate surface area is 186 Å². The summed E-state index contributed by atoms with van der Waals surface area (Å²) in [6.07, 6.45) is 6.47. The highest BCUT2D eigenvalue weighted by Crippen LogP contribution is 2.33. The molecule has 4 heterocycles. The lowest BCUT2D eigenvalue weighted by Gasteiger charge is -2.35. The molecule has 1 saturated heterocycles. The first-order valence-electron chi connectivity index (χ1n) is 11.4. The number of likely N-dealkylation sites (tertiary alicyclic amines) is 1. The van der Waals surface area contributed by atoms with Gasteiger partial charge in [-0.2, -0.15) is 5.10 Å². The SMILES string of the molecule is CCc1cc2c(cc1-c1cc(OC)c3ncnn3c1)[nH]c(=O)n2[C@@H]1CCCN(C(C)C)C1. The number of nitrogens with one attached hydrogen (secondary N) is 1. The van der Waals surface area contributed by atoms with Crippen molar-refractivity contribution in [2.45, 2.75) is 52.1 Å². The van der Waals surface area contributed by atoms with Crippen LogP contribution in [0.4, 0.5) is 0 Å². The smallest absolute Gasteiger partial charge is 0.326 e. The van der Waals surface area contributed by atoms with Crippen LogP contribution in [0.3, 0.4) is 0 Å². The minimum Gasteiger partial charge on any atom is -0.493 e. The average molecular weight is 435 g/mol. The highest BCUT2D eigenvalue weighted by atomic mass is 16.5. The number of H-pyrrole nitrogens is 1. The number of aryl methyl sites for hydroxylation is 1. The molecule has 0 unspecified atom stereocenters. The van der Waals surface area contributed by atoms with E-state index in [0.29, 0.717) is 17.4 Å². The van der Waals surface area contributed by atoms with Gasteiger partial charge in [0, 0.05) is 24.3 Å². The minimum absolute atomic E-state index is 0.0286. The Morgan fingerprint density at radius 3 is 2.88 bits per heavy atom. The second-order valence-corrected chi connectivity index (χ2v) is 8.89. The molecular weight excluding hydrogens is 404 g/mol. The molecule has 0 spiro atoms. The molecule has 32 heavy (non-hydrogen) atoms. The summed E-state index contributed by atoms with van der Waals surface area (Å²) in [6.45, 7) is 8.60. The number of benzene rings is 1. The highest BCUT2D eigenvalue weighted by Gasteiger charge is 2.26. The van der Waals surface area contributed by atoms with Gasteiger partial charge in [0.05, 0.1) is 24.2 Å². The molecule has 1 N–H and O–H groups in total. The molecule has 1 aliphatic rings. The topological polar surface area (TPSA) is 80.5 Å². The predicted molar refractivity (Wildman–Crippen MR) is 125 cm³/mol. The van der Waals surface area contributed by atoms with Gasteiger partial charge in [0.2, 0.25) is 0 Å². The standard InChI is InChI=1S/C24H30N6O2/c1-5-16-9-21-20(27-24(31)30(21)18-7-6-8-28(13-18)15(2)3)11-19(16)17-10-22(32-4)23-25-14-26-29(23)12-17/h9-12,14-15,18H,5-8,13H2,1-4H3,(H,27,31)/t18-/m1/s1. The van der Waals surface area contributed by atoms with Crippen LogP contribution in [-0.4, -0.2) is 55.3 Å². The lowest BCUT2D eigenvalue weighted by molar-refractivity contribution is 0.143. The number of nitrogens with zero attached hydrogens (tertiary/aromatic N) is 5. The number of methoxy groups -OCH3 is 1. The normalized spacial score (nSPS) is 17.6. The molecule has 5 rings (SSSR count). The second kappa shape index (κ2) is 8.09. The Balaban J connectivity index is 1.64. The van der Waals surface area contributed by atoms with E-state index in [4.69, 9.17) is 4.74 Å². The van der Waals surface area contributed by atoms with Crippen LogP contribution in [0.25, 0.3) is 27.8 Å². The van der Waals surface area contributed by atoms with Crippen LogP contribution in [0.2, 0.25) is 0 Å². The molecule has 0 radical (unpaired) electrons. The van der Waals surface area contributed by atoms with Crippen molar-refractivity contribution in [2.75, 3.05) is 20.2 Å². The van der Waals surface area contributed by atoms with Gasteiger partial charge in [-0.15, -0.1) is 0 Å². The zero-order chi connectivity index (χ0) is 22.4. The summed E-state index contributed by atoms with van der Waals surface area (Å²) in [5, 5.41) is 4.29. The Morgan fingerprint density at radius 1 is 1.28 bits per heavy atom. The van der Waals surface area contributed by atoms with Crippen molar-refractivity contribution in [3.63, 3.8) is 0 Å². The van der Waals surface area contributed by atoms with Gasteiger partial charge in [-0.1, -0.05) is 6.92 Å². The number of imidazole rings is 1. The number of pyridine rings is 1. The lowest BCUT2D eigenvalue weighted by Crippen LogP contribution is -2.42. The molecule has 168 valence electrons. The minimum atomic E-state index is -0.0286. The third-order valence-corrected chi connectivity index (χ3v) is 6.72. The van der Waals surface area contributed by atoms with E-state index in [2.05, 4.69) is 52.9 Å². The van der Waals surface area contributed by atoms with Crippen molar-refractivity contribution in [2.24, 2.45) is 0 Å². The number of ether oxygens (including phenoxy) is 1. The van der Waals surface area contributed by atoms with Gasteiger partial charge < -0.3 is 9.72 Å². The molecular formula is C24H30N6O2. The summed E-state index contributed by atoms with van der Waals surface area (Å²) in [4.78, 5) is 22.9. The molecule has 0 bridgehead atoms. The van der Waals surface area contributed by atoms with E-state index in [0.717, 1.165) is 54.5 Å². The highest BCUT2D eigenvalue weighted by molar-refractivity contribution is 5.85. The van der Waals surface area contributed by atoms with Gasteiger partial charge in [0.15, 0.2) is 11.4 Å². The quantitative estimate of drug-likeness (QED) is 0.519. The Kier molecular flexibility index (Phi) is 5.25. The molecule has 3 aromatic heterocycles. The van der Waals surface area contributed by atoms with Crippen LogP contribution in [0.1, 0.15) is 45.2 Å². The lowest BCUT2D eigenvalue weighted by atomic mass is 9.97. The van der Waals surface area contributed by atoms with E-state index in [1.165, 1.54) is 11.9 Å². The largest absolute Gasteiger partial charge is 0.493 e. The first-order valence-corrected chi connectivity index (χ1v) is 11.4. The molecule has 8 heteroatoms. The van der Waals surface area contributed by atoms with Gasteiger partial charge in [0.1, 0.15) is 6.33 Å². The van der Waals surface area contributed by atoms with E-state index in [1.54, 1.807) is 11.6 Å². The van der Waals surface area contributed by atoms with Crippen LogP contribution < -0.4 is 10.4 Å². The maximum Gasteiger partial charge on any atom is 0.326 e. The monoisotopic (exact) mass is 434 g/mol. The summed E-state index contributed by atoms with van der Waals surface area (Å²) in [5.41, 5.74) is 5.73. The Morgan fingerprint density at radius 2 is 2.12 bits per heavy atom. The van der Waals surface area contributed by atoms with Crippen LogP contribution in [0.15, 0.2) is 35.5 Å². The van der Waals surface area contributed by atoms with Crippen LogP contribution in [0.5, 0.6) is 5.75 Å². The van der Waals surface area contributed by atoms with E-state index in [1.807, 2.05) is 16.8 Å². The third kappa shape index (κ3) is 3.39. The fourth-order valence-electron chi connectivity index (χ4n) is 5.00. The van der Waals surface area contributed by atoms with E-state index in [9.17, 15) is 4.79 Å². The Hall–Kier alpha value is -3.13. The second-order valence-electron chi connectivity index (χ2n) is 8.89.